The molecular weight excluding hydrogens is 246 g/mol. The van der Waals surface area contributed by atoms with Crippen molar-refractivity contribution in [2.75, 3.05) is 0 Å². The van der Waals surface area contributed by atoms with Crippen molar-refractivity contribution in [3.63, 3.8) is 0 Å². The molecule has 2 heterocycles. The van der Waals surface area contributed by atoms with Gasteiger partial charge < -0.3 is 5.32 Å². The number of rotatable bonds is 2. The number of hydrogen-bond acceptors (Lipinski definition) is 3. The van der Waals surface area contributed by atoms with E-state index in [9.17, 15) is 0 Å². The summed E-state index contributed by atoms with van der Waals surface area (Å²) in [4.78, 5) is 9.95. The second kappa shape index (κ2) is 4.52. The van der Waals surface area contributed by atoms with Gasteiger partial charge in [0.1, 0.15) is 5.82 Å². The average Bonchev–Trinajstić information content (AvgIpc) is 3.15. The van der Waals surface area contributed by atoms with Crippen LogP contribution >= 0.6 is 0 Å². The Bertz CT molecular complexity index is 521. The topological polar surface area (TPSA) is 37.8 Å². The molecule has 2 fully saturated rings. The highest BCUT2D eigenvalue weighted by Crippen LogP contribution is 2.45. The second-order valence-electron chi connectivity index (χ2n) is 7.71. The molecule has 0 aromatic carbocycles. The molecule has 0 saturated heterocycles. The third-order valence-corrected chi connectivity index (χ3v) is 5.40. The van der Waals surface area contributed by atoms with Crippen LogP contribution in [0.1, 0.15) is 87.0 Å². The standard InChI is InChI=1S/C17H25N3/c1-17(2)7-5-12(6-8-17)16-19-14-10-18-9-13(14)15(20-16)11-3-4-11/h11-12,18H,3-10H2,1-2H3. The molecule has 0 radical (unpaired) electrons. The van der Waals surface area contributed by atoms with Crippen molar-refractivity contribution in [1.29, 1.82) is 0 Å². The predicted octanol–water partition coefficient (Wildman–Crippen LogP) is 3.64. The lowest BCUT2D eigenvalue weighted by molar-refractivity contribution is 0.220. The fraction of sp³-hybridized carbons (Fsp3) is 0.765. The molecule has 1 aliphatic heterocycles. The van der Waals surface area contributed by atoms with Gasteiger partial charge >= 0.3 is 0 Å². The Morgan fingerprint density at radius 1 is 0.950 bits per heavy atom. The number of hydrogen-bond donors (Lipinski definition) is 1. The Morgan fingerprint density at radius 2 is 1.70 bits per heavy atom. The molecule has 3 heteroatoms. The van der Waals surface area contributed by atoms with Crippen LogP contribution in [0.3, 0.4) is 0 Å². The minimum Gasteiger partial charge on any atom is -0.307 e. The molecule has 3 aliphatic rings. The van der Waals surface area contributed by atoms with Crippen LogP contribution in [0.2, 0.25) is 0 Å². The quantitative estimate of drug-likeness (QED) is 0.892. The van der Waals surface area contributed by atoms with Crippen LogP contribution in [-0.4, -0.2) is 9.97 Å². The van der Waals surface area contributed by atoms with Crippen molar-refractivity contribution < 1.29 is 0 Å². The molecule has 4 rings (SSSR count). The Kier molecular flexibility index (Phi) is 2.88. The van der Waals surface area contributed by atoms with Crippen molar-refractivity contribution in [3.8, 4) is 0 Å². The third kappa shape index (κ3) is 2.26. The largest absolute Gasteiger partial charge is 0.307 e. The van der Waals surface area contributed by atoms with E-state index in [1.165, 1.54) is 55.5 Å². The first-order chi connectivity index (χ1) is 9.62. The van der Waals surface area contributed by atoms with Gasteiger partial charge in [-0.15, -0.1) is 0 Å². The van der Waals surface area contributed by atoms with Crippen molar-refractivity contribution in [2.45, 2.75) is 77.3 Å². The molecule has 0 spiro atoms. The first-order valence-electron chi connectivity index (χ1n) is 8.23. The zero-order valence-electron chi connectivity index (χ0n) is 12.7. The maximum atomic E-state index is 5.03. The van der Waals surface area contributed by atoms with Crippen LogP contribution in [0.25, 0.3) is 0 Å². The van der Waals surface area contributed by atoms with Crippen molar-refractivity contribution in [2.24, 2.45) is 5.41 Å². The van der Waals surface area contributed by atoms with Gasteiger partial charge in [-0.25, -0.2) is 9.97 Å². The van der Waals surface area contributed by atoms with Crippen LogP contribution in [0, 0.1) is 5.41 Å². The molecule has 0 atom stereocenters. The highest BCUT2D eigenvalue weighted by molar-refractivity contribution is 5.34. The smallest absolute Gasteiger partial charge is 0.132 e. The summed E-state index contributed by atoms with van der Waals surface area (Å²) in [5, 5.41) is 3.45. The number of aromatic nitrogens is 2. The van der Waals surface area contributed by atoms with Gasteiger partial charge in [0.2, 0.25) is 0 Å². The molecule has 1 aromatic heterocycles. The van der Waals surface area contributed by atoms with E-state index < -0.39 is 0 Å². The Morgan fingerprint density at radius 3 is 2.40 bits per heavy atom. The number of nitrogens with zero attached hydrogens (tertiary/aromatic N) is 2. The highest BCUT2D eigenvalue weighted by atomic mass is 15.0. The molecule has 20 heavy (non-hydrogen) atoms. The summed E-state index contributed by atoms with van der Waals surface area (Å²) in [6.45, 7) is 6.72. The monoisotopic (exact) mass is 271 g/mol. The van der Waals surface area contributed by atoms with E-state index in [1.807, 2.05) is 0 Å². The molecular formula is C17H25N3. The van der Waals surface area contributed by atoms with Crippen LogP contribution < -0.4 is 5.32 Å². The lowest BCUT2D eigenvalue weighted by Crippen LogP contribution is -2.22. The SMILES string of the molecule is CC1(C)CCC(c2nc3c(c(C4CC4)n2)CNC3)CC1. The van der Waals surface area contributed by atoms with Crippen LogP contribution in [0.15, 0.2) is 0 Å². The summed E-state index contributed by atoms with van der Waals surface area (Å²) in [6.07, 6.45) is 7.83. The molecule has 3 nitrogen and oxygen atoms in total. The van der Waals surface area contributed by atoms with Gasteiger partial charge in [0.15, 0.2) is 0 Å². The fourth-order valence-corrected chi connectivity index (χ4v) is 3.75. The molecule has 2 aliphatic carbocycles. The maximum Gasteiger partial charge on any atom is 0.132 e. The van der Waals surface area contributed by atoms with Crippen molar-refractivity contribution in [1.82, 2.24) is 15.3 Å². The van der Waals surface area contributed by atoms with E-state index in [4.69, 9.17) is 9.97 Å². The molecule has 1 N–H and O–H groups in total. The Balaban J connectivity index is 1.64. The molecule has 0 amide bonds. The number of fused-ring (bicyclic) bond motifs is 1. The summed E-state index contributed by atoms with van der Waals surface area (Å²) >= 11 is 0. The second-order valence-corrected chi connectivity index (χ2v) is 7.71. The lowest BCUT2D eigenvalue weighted by Gasteiger charge is -2.33. The lowest BCUT2D eigenvalue weighted by atomic mass is 9.73. The van der Waals surface area contributed by atoms with E-state index in [0.29, 0.717) is 11.3 Å². The van der Waals surface area contributed by atoms with Gasteiger partial charge in [-0.05, 0) is 43.9 Å². The summed E-state index contributed by atoms with van der Waals surface area (Å²) in [7, 11) is 0. The molecule has 0 bridgehead atoms. The van der Waals surface area contributed by atoms with Gasteiger partial charge in [-0.1, -0.05) is 13.8 Å². The molecule has 0 unspecified atom stereocenters. The molecule has 2 saturated carbocycles. The van der Waals surface area contributed by atoms with Crippen LogP contribution in [-0.2, 0) is 13.1 Å². The van der Waals surface area contributed by atoms with E-state index >= 15 is 0 Å². The summed E-state index contributed by atoms with van der Waals surface area (Å²) in [6, 6.07) is 0. The Labute approximate surface area is 121 Å². The highest BCUT2D eigenvalue weighted by Gasteiger charge is 2.34. The van der Waals surface area contributed by atoms with E-state index in [2.05, 4.69) is 19.2 Å². The van der Waals surface area contributed by atoms with Crippen LogP contribution in [0.5, 0.6) is 0 Å². The number of nitrogens with one attached hydrogen (secondary N) is 1. The average molecular weight is 271 g/mol. The first-order valence-corrected chi connectivity index (χ1v) is 8.23. The van der Waals surface area contributed by atoms with E-state index in [0.717, 1.165) is 24.8 Å². The van der Waals surface area contributed by atoms with E-state index in [1.54, 1.807) is 0 Å². The fourth-order valence-electron chi connectivity index (χ4n) is 3.75. The predicted molar refractivity (Wildman–Crippen MR) is 79.5 cm³/mol. The van der Waals surface area contributed by atoms with Gasteiger partial charge in [0.25, 0.3) is 0 Å². The molecule has 108 valence electrons. The normalized spacial score (nSPS) is 25.7. The molecule has 1 aromatic rings. The zero-order chi connectivity index (χ0) is 13.7. The van der Waals surface area contributed by atoms with Crippen molar-refractivity contribution >= 4 is 0 Å². The summed E-state index contributed by atoms with van der Waals surface area (Å²) in [5.41, 5.74) is 4.63. The van der Waals surface area contributed by atoms with Gasteiger partial charge in [-0.2, -0.15) is 0 Å². The van der Waals surface area contributed by atoms with Gasteiger partial charge in [0, 0.05) is 30.5 Å². The van der Waals surface area contributed by atoms with E-state index in [-0.39, 0.29) is 0 Å². The summed E-state index contributed by atoms with van der Waals surface area (Å²) in [5.74, 6) is 2.50. The first kappa shape index (κ1) is 12.8. The van der Waals surface area contributed by atoms with Gasteiger partial charge in [-0.3, -0.25) is 0 Å². The van der Waals surface area contributed by atoms with Crippen molar-refractivity contribution in [3.05, 3.63) is 22.8 Å². The maximum absolute atomic E-state index is 5.03. The summed E-state index contributed by atoms with van der Waals surface area (Å²) < 4.78 is 0. The Hall–Kier alpha value is -0.960. The minimum absolute atomic E-state index is 0.522. The van der Waals surface area contributed by atoms with Crippen LogP contribution in [0.4, 0.5) is 0 Å². The van der Waals surface area contributed by atoms with Gasteiger partial charge in [0.05, 0.1) is 11.4 Å². The minimum atomic E-state index is 0.522. The third-order valence-electron chi connectivity index (χ3n) is 5.40. The zero-order valence-corrected chi connectivity index (χ0v) is 12.7.